The van der Waals surface area contributed by atoms with Crippen LogP contribution in [0, 0.1) is 5.92 Å². The first-order chi connectivity index (χ1) is 8.49. The van der Waals surface area contributed by atoms with E-state index < -0.39 is 0 Å². The third-order valence-corrected chi connectivity index (χ3v) is 3.76. The van der Waals surface area contributed by atoms with E-state index >= 15 is 0 Å². The molecule has 0 saturated carbocycles. The molecule has 1 unspecified atom stereocenters. The van der Waals surface area contributed by atoms with Crippen LogP contribution in [0.4, 0.5) is 0 Å². The number of rotatable bonds is 1. The second kappa shape index (κ2) is 5.26. The first kappa shape index (κ1) is 13.3. The van der Waals surface area contributed by atoms with Gasteiger partial charge in [0.15, 0.2) is 0 Å². The monoisotopic (exact) mass is 312 g/mol. The highest BCUT2D eigenvalue weighted by Gasteiger charge is 2.24. The van der Waals surface area contributed by atoms with Crippen LogP contribution >= 0.6 is 15.9 Å². The van der Waals surface area contributed by atoms with E-state index in [0.29, 0.717) is 5.92 Å². The Kier molecular flexibility index (Phi) is 3.90. The van der Waals surface area contributed by atoms with Crippen LogP contribution < -0.4 is 5.56 Å². The Morgan fingerprint density at radius 2 is 2.22 bits per heavy atom. The SMILES string of the molecule is CC1CCCN(C(=O)c2cc(Br)cn(C)c2=O)C1. The van der Waals surface area contributed by atoms with E-state index in [1.54, 1.807) is 24.2 Å². The number of hydrogen-bond acceptors (Lipinski definition) is 2. The van der Waals surface area contributed by atoms with Crippen LogP contribution in [0.15, 0.2) is 21.5 Å². The number of piperidine rings is 1. The molecule has 98 valence electrons. The highest BCUT2D eigenvalue weighted by Crippen LogP contribution is 2.18. The van der Waals surface area contributed by atoms with Crippen molar-refractivity contribution in [3.8, 4) is 0 Å². The van der Waals surface area contributed by atoms with Gasteiger partial charge in [-0.05, 0) is 40.8 Å². The highest BCUT2D eigenvalue weighted by molar-refractivity contribution is 9.10. The molecule has 1 aliphatic rings. The maximum Gasteiger partial charge on any atom is 0.263 e. The standard InChI is InChI=1S/C13H17BrN2O2/c1-9-4-3-5-16(7-9)13(18)11-6-10(14)8-15(2)12(11)17/h6,8-9H,3-5,7H2,1-2H3. The first-order valence-corrected chi connectivity index (χ1v) is 6.94. The van der Waals surface area contributed by atoms with Crippen LogP contribution in [0.5, 0.6) is 0 Å². The zero-order valence-electron chi connectivity index (χ0n) is 10.6. The van der Waals surface area contributed by atoms with E-state index in [1.807, 2.05) is 0 Å². The van der Waals surface area contributed by atoms with Gasteiger partial charge in [-0.3, -0.25) is 9.59 Å². The number of amides is 1. The van der Waals surface area contributed by atoms with Gasteiger partial charge in [0.1, 0.15) is 5.56 Å². The van der Waals surface area contributed by atoms with E-state index in [0.717, 1.165) is 30.4 Å². The van der Waals surface area contributed by atoms with Gasteiger partial charge in [0.05, 0.1) is 0 Å². The summed E-state index contributed by atoms with van der Waals surface area (Å²) in [5.41, 5.74) is 0.0161. The molecule has 1 saturated heterocycles. The molecule has 0 aliphatic carbocycles. The Morgan fingerprint density at radius 1 is 1.50 bits per heavy atom. The molecule has 2 heterocycles. The molecule has 0 bridgehead atoms. The summed E-state index contributed by atoms with van der Waals surface area (Å²) in [5.74, 6) is 0.363. The summed E-state index contributed by atoms with van der Waals surface area (Å²) >= 11 is 3.32. The van der Waals surface area contributed by atoms with Crippen molar-refractivity contribution >= 4 is 21.8 Å². The van der Waals surface area contributed by atoms with Crippen molar-refractivity contribution in [3.63, 3.8) is 0 Å². The minimum atomic E-state index is -0.235. The first-order valence-electron chi connectivity index (χ1n) is 6.14. The lowest BCUT2D eigenvalue weighted by molar-refractivity contribution is 0.0680. The fourth-order valence-electron chi connectivity index (χ4n) is 2.37. The molecule has 0 N–H and O–H groups in total. The van der Waals surface area contributed by atoms with Crippen LogP contribution in [0.3, 0.4) is 0 Å². The number of hydrogen-bond donors (Lipinski definition) is 0. The number of likely N-dealkylation sites (tertiary alicyclic amines) is 1. The lowest BCUT2D eigenvalue weighted by Crippen LogP contribution is -2.41. The van der Waals surface area contributed by atoms with Gasteiger partial charge in [0.2, 0.25) is 0 Å². The Bertz CT molecular complexity index is 524. The predicted octanol–water partition coefficient (Wildman–Crippen LogP) is 2.02. The van der Waals surface area contributed by atoms with E-state index in [-0.39, 0.29) is 17.0 Å². The number of aryl methyl sites for hydroxylation is 1. The molecule has 1 aromatic heterocycles. The smallest absolute Gasteiger partial charge is 0.263 e. The fourth-order valence-corrected chi connectivity index (χ4v) is 2.90. The number of carbonyl (C=O) groups is 1. The summed E-state index contributed by atoms with van der Waals surface area (Å²) in [7, 11) is 1.66. The molecule has 0 aromatic carbocycles. The van der Waals surface area contributed by atoms with Gasteiger partial charge in [0, 0.05) is 30.8 Å². The highest BCUT2D eigenvalue weighted by atomic mass is 79.9. The van der Waals surface area contributed by atoms with Gasteiger partial charge in [-0.1, -0.05) is 6.92 Å². The van der Waals surface area contributed by atoms with Gasteiger partial charge < -0.3 is 9.47 Å². The number of carbonyl (C=O) groups excluding carboxylic acids is 1. The quantitative estimate of drug-likeness (QED) is 0.796. The average Bonchev–Trinajstić information content (AvgIpc) is 2.33. The van der Waals surface area contributed by atoms with E-state index in [1.165, 1.54) is 4.57 Å². The predicted molar refractivity (Wildman–Crippen MR) is 73.7 cm³/mol. The number of nitrogens with zero attached hydrogens (tertiary/aromatic N) is 2. The van der Waals surface area contributed by atoms with Crippen molar-refractivity contribution in [2.45, 2.75) is 19.8 Å². The van der Waals surface area contributed by atoms with Gasteiger partial charge >= 0.3 is 0 Å². The minimum Gasteiger partial charge on any atom is -0.338 e. The maximum atomic E-state index is 12.4. The molecular formula is C13H17BrN2O2. The third kappa shape index (κ3) is 2.66. The summed E-state index contributed by atoms with van der Waals surface area (Å²) < 4.78 is 2.18. The molecule has 4 nitrogen and oxygen atoms in total. The second-order valence-corrected chi connectivity index (χ2v) is 5.90. The Labute approximate surface area is 115 Å². The van der Waals surface area contributed by atoms with Crippen LogP contribution in [0.2, 0.25) is 0 Å². The molecule has 18 heavy (non-hydrogen) atoms. The third-order valence-electron chi connectivity index (χ3n) is 3.32. The van der Waals surface area contributed by atoms with Gasteiger partial charge in [-0.25, -0.2) is 0 Å². The van der Waals surface area contributed by atoms with E-state index in [2.05, 4.69) is 22.9 Å². The lowest BCUT2D eigenvalue weighted by Gasteiger charge is -2.30. The van der Waals surface area contributed by atoms with Gasteiger partial charge in [-0.2, -0.15) is 0 Å². The maximum absolute atomic E-state index is 12.4. The summed E-state index contributed by atoms with van der Waals surface area (Å²) in [6, 6.07) is 1.62. The van der Waals surface area contributed by atoms with Crippen molar-refractivity contribution in [3.05, 3.63) is 32.7 Å². The number of halogens is 1. The van der Waals surface area contributed by atoms with Crippen LogP contribution in [-0.4, -0.2) is 28.5 Å². The number of pyridine rings is 1. The van der Waals surface area contributed by atoms with Gasteiger partial charge in [-0.15, -0.1) is 0 Å². The Hall–Kier alpha value is -1.10. The molecular weight excluding hydrogens is 296 g/mol. The fraction of sp³-hybridized carbons (Fsp3) is 0.538. The van der Waals surface area contributed by atoms with Crippen molar-refractivity contribution in [1.82, 2.24) is 9.47 Å². The largest absolute Gasteiger partial charge is 0.338 e. The summed E-state index contributed by atoms with van der Waals surface area (Å²) in [4.78, 5) is 26.1. The van der Waals surface area contributed by atoms with Crippen molar-refractivity contribution in [2.75, 3.05) is 13.1 Å². The molecule has 1 aromatic rings. The molecule has 1 fully saturated rings. The second-order valence-electron chi connectivity index (χ2n) is 4.99. The normalized spacial score (nSPS) is 19.9. The summed E-state index contributed by atoms with van der Waals surface area (Å²) in [6.45, 7) is 3.63. The Morgan fingerprint density at radius 3 is 2.89 bits per heavy atom. The molecule has 1 amide bonds. The topological polar surface area (TPSA) is 42.3 Å². The molecule has 0 spiro atoms. The molecule has 2 rings (SSSR count). The molecule has 5 heteroatoms. The number of aromatic nitrogens is 1. The lowest BCUT2D eigenvalue weighted by atomic mass is 10.00. The zero-order chi connectivity index (χ0) is 13.3. The minimum absolute atomic E-state index is 0.150. The van der Waals surface area contributed by atoms with Crippen molar-refractivity contribution < 1.29 is 4.79 Å². The van der Waals surface area contributed by atoms with Crippen LogP contribution in [-0.2, 0) is 7.05 Å². The summed E-state index contributed by atoms with van der Waals surface area (Å²) in [5, 5.41) is 0. The van der Waals surface area contributed by atoms with E-state index in [4.69, 9.17) is 0 Å². The van der Waals surface area contributed by atoms with Crippen LogP contribution in [0.1, 0.15) is 30.1 Å². The average molecular weight is 313 g/mol. The van der Waals surface area contributed by atoms with Crippen molar-refractivity contribution in [2.24, 2.45) is 13.0 Å². The van der Waals surface area contributed by atoms with Crippen LogP contribution in [0.25, 0.3) is 0 Å². The zero-order valence-corrected chi connectivity index (χ0v) is 12.2. The Balaban J connectivity index is 2.31. The molecule has 1 atom stereocenters. The molecule has 0 radical (unpaired) electrons. The molecule has 1 aliphatic heterocycles. The van der Waals surface area contributed by atoms with E-state index in [9.17, 15) is 9.59 Å². The van der Waals surface area contributed by atoms with Gasteiger partial charge in [0.25, 0.3) is 11.5 Å². The van der Waals surface area contributed by atoms with Crippen molar-refractivity contribution in [1.29, 1.82) is 0 Å². The summed E-state index contributed by atoms with van der Waals surface area (Å²) in [6.07, 6.45) is 3.83.